The van der Waals surface area contributed by atoms with E-state index in [1.54, 1.807) is 0 Å². The van der Waals surface area contributed by atoms with Gasteiger partial charge in [0.2, 0.25) is 5.91 Å². The van der Waals surface area contributed by atoms with Crippen molar-refractivity contribution < 1.29 is 4.79 Å². The van der Waals surface area contributed by atoms with Gasteiger partial charge in [-0.2, -0.15) is 0 Å². The van der Waals surface area contributed by atoms with Crippen molar-refractivity contribution in [2.24, 2.45) is 0 Å². The number of carbonyl (C=O) groups is 1. The quantitative estimate of drug-likeness (QED) is 0.855. The zero-order valence-electron chi connectivity index (χ0n) is 13.6. The van der Waals surface area contributed by atoms with Gasteiger partial charge in [-0.3, -0.25) is 4.79 Å². The molecule has 0 bridgehead atoms. The maximum absolute atomic E-state index is 12.6. The molecule has 4 rings (SSSR count). The Morgan fingerprint density at radius 2 is 1.88 bits per heavy atom. The molecular weight excluding hydrogens is 355 g/mol. The van der Waals surface area contributed by atoms with Crippen molar-refractivity contribution in [3.05, 3.63) is 74.8 Å². The van der Waals surface area contributed by atoms with E-state index in [0.717, 1.165) is 23.6 Å². The number of rotatable bonds is 3. The number of halogens is 2. The highest BCUT2D eigenvalue weighted by Crippen LogP contribution is 2.38. The molecule has 2 aliphatic rings. The van der Waals surface area contributed by atoms with Crippen molar-refractivity contribution in [2.45, 2.75) is 25.4 Å². The van der Waals surface area contributed by atoms with Crippen molar-refractivity contribution >= 4 is 34.7 Å². The topological polar surface area (TPSA) is 41.1 Å². The Kier molecular flexibility index (Phi) is 4.55. The Labute approximate surface area is 157 Å². The number of hydrogen-bond donors (Lipinski definition) is 2. The maximum Gasteiger partial charge on any atom is 0.237 e. The second kappa shape index (κ2) is 6.83. The van der Waals surface area contributed by atoms with E-state index in [2.05, 4.69) is 16.7 Å². The van der Waals surface area contributed by atoms with E-state index in [-0.39, 0.29) is 11.9 Å². The predicted octanol–water partition coefficient (Wildman–Crippen LogP) is 3.98. The van der Waals surface area contributed by atoms with Crippen molar-refractivity contribution in [3.8, 4) is 0 Å². The van der Waals surface area contributed by atoms with Gasteiger partial charge in [0.05, 0.1) is 6.04 Å². The van der Waals surface area contributed by atoms with Crippen LogP contribution in [0.3, 0.4) is 0 Å². The van der Waals surface area contributed by atoms with Crippen LogP contribution < -0.4 is 10.6 Å². The summed E-state index contributed by atoms with van der Waals surface area (Å²) in [6.45, 7) is 1.25. The first-order valence-electron chi connectivity index (χ1n) is 8.35. The molecule has 0 spiro atoms. The average Bonchev–Trinajstić information content (AvgIpc) is 2.98. The molecule has 0 fully saturated rings. The van der Waals surface area contributed by atoms with Crippen molar-refractivity contribution in [1.29, 1.82) is 0 Å². The fourth-order valence-corrected chi connectivity index (χ4v) is 3.86. The Bertz CT molecular complexity index is 858. The number of fused-ring (bicyclic) bond motifs is 2. The first-order valence-corrected chi connectivity index (χ1v) is 9.11. The SMILES string of the molecule is O=C(NCc1ccc(Cl)cc1)C1CC2=C(CN1)Cc1ccc(Cl)cc12. The summed E-state index contributed by atoms with van der Waals surface area (Å²) in [5, 5.41) is 7.81. The fraction of sp³-hybridized carbons (Fsp3) is 0.250. The maximum atomic E-state index is 12.6. The van der Waals surface area contributed by atoms with Crippen LogP contribution in [0.25, 0.3) is 5.57 Å². The van der Waals surface area contributed by atoms with E-state index >= 15 is 0 Å². The minimum absolute atomic E-state index is 0.0250. The lowest BCUT2D eigenvalue weighted by molar-refractivity contribution is -0.123. The summed E-state index contributed by atoms with van der Waals surface area (Å²) in [6, 6.07) is 13.3. The Balaban J connectivity index is 1.43. The molecule has 1 aliphatic carbocycles. The molecule has 0 saturated heterocycles. The summed E-state index contributed by atoms with van der Waals surface area (Å²) in [5.74, 6) is 0.0250. The van der Waals surface area contributed by atoms with Crippen molar-refractivity contribution in [1.82, 2.24) is 10.6 Å². The number of amides is 1. The fourth-order valence-electron chi connectivity index (χ4n) is 3.56. The number of nitrogens with one attached hydrogen (secondary N) is 2. The molecule has 2 aromatic carbocycles. The summed E-state index contributed by atoms with van der Waals surface area (Å²) in [6.07, 6.45) is 1.66. The van der Waals surface area contributed by atoms with E-state index < -0.39 is 0 Å². The van der Waals surface area contributed by atoms with Gasteiger partial charge in [0.1, 0.15) is 0 Å². The zero-order valence-corrected chi connectivity index (χ0v) is 15.1. The van der Waals surface area contributed by atoms with E-state index in [0.29, 0.717) is 18.0 Å². The van der Waals surface area contributed by atoms with Crippen molar-refractivity contribution in [2.75, 3.05) is 6.54 Å². The van der Waals surface area contributed by atoms with E-state index in [4.69, 9.17) is 23.2 Å². The standard InChI is InChI=1S/C20H18Cl2N2O/c21-15-4-1-12(2-5-15)10-24-20(25)19-9-18-14(11-23-19)7-13-3-6-16(22)8-17(13)18/h1-6,8,19,23H,7,9-11H2,(H,24,25). The van der Waals surface area contributed by atoms with Gasteiger partial charge in [-0.15, -0.1) is 0 Å². The molecule has 128 valence electrons. The van der Waals surface area contributed by atoms with Crippen LogP contribution in [0.15, 0.2) is 48.0 Å². The molecule has 1 amide bonds. The third-order valence-corrected chi connectivity index (χ3v) is 5.38. The molecule has 5 heteroatoms. The molecule has 3 nitrogen and oxygen atoms in total. The van der Waals surface area contributed by atoms with Crippen LogP contribution in [0.5, 0.6) is 0 Å². The number of hydrogen-bond acceptors (Lipinski definition) is 2. The zero-order chi connectivity index (χ0) is 17.4. The molecule has 2 N–H and O–H groups in total. The van der Waals surface area contributed by atoms with Crippen LogP contribution >= 0.6 is 23.2 Å². The summed E-state index contributed by atoms with van der Waals surface area (Å²) in [7, 11) is 0. The third-order valence-electron chi connectivity index (χ3n) is 4.89. The molecule has 1 atom stereocenters. The van der Waals surface area contributed by atoms with Crippen LogP contribution in [0.1, 0.15) is 23.1 Å². The molecule has 0 radical (unpaired) electrons. The normalized spacial score (nSPS) is 18.7. The van der Waals surface area contributed by atoms with E-state index in [9.17, 15) is 4.79 Å². The van der Waals surface area contributed by atoms with Gasteiger partial charge in [-0.05, 0) is 64.9 Å². The van der Waals surface area contributed by atoms with E-state index in [1.165, 1.54) is 22.3 Å². The predicted molar refractivity (Wildman–Crippen MR) is 102 cm³/mol. The summed E-state index contributed by atoms with van der Waals surface area (Å²) in [4.78, 5) is 12.6. The largest absolute Gasteiger partial charge is 0.351 e. The van der Waals surface area contributed by atoms with Crippen LogP contribution in [0.4, 0.5) is 0 Å². The molecule has 1 unspecified atom stereocenters. The van der Waals surface area contributed by atoms with Crippen LogP contribution in [0.2, 0.25) is 10.0 Å². The van der Waals surface area contributed by atoms with Gasteiger partial charge in [0, 0.05) is 23.1 Å². The molecule has 2 aromatic rings. The second-order valence-electron chi connectivity index (χ2n) is 6.54. The number of carbonyl (C=O) groups excluding carboxylic acids is 1. The lowest BCUT2D eigenvalue weighted by Crippen LogP contribution is -2.46. The first-order chi connectivity index (χ1) is 12.1. The van der Waals surface area contributed by atoms with Crippen molar-refractivity contribution in [3.63, 3.8) is 0 Å². The summed E-state index contributed by atoms with van der Waals surface area (Å²) >= 11 is 12.0. The summed E-state index contributed by atoms with van der Waals surface area (Å²) < 4.78 is 0. The van der Waals surface area contributed by atoms with Gasteiger partial charge in [-0.1, -0.05) is 41.4 Å². The average molecular weight is 373 g/mol. The molecule has 0 saturated carbocycles. The lowest BCUT2D eigenvalue weighted by Gasteiger charge is -2.25. The number of benzene rings is 2. The minimum Gasteiger partial charge on any atom is -0.351 e. The van der Waals surface area contributed by atoms with Gasteiger partial charge in [-0.25, -0.2) is 0 Å². The minimum atomic E-state index is -0.212. The van der Waals surface area contributed by atoms with Gasteiger partial charge >= 0.3 is 0 Å². The first kappa shape index (κ1) is 16.6. The smallest absolute Gasteiger partial charge is 0.237 e. The van der Waals surface area contributed by atoms with Gasteiger partial charge < -0.3 is 10.6 Å². The highest BCUT2D eigenvalue weighted by Gasteiger charge is 2.31. The van der Waals surface area contributed by atoms with Gasteiger partial charge in [0.25, 0.3) is 0 Å². The highest BCUT2D eigenvalue weighted by molar-refractivity contribution is 6.31. The molecule has 1 heterocycles. The van der Waals surface area contributed by atoms with Gasteiger partial charge in [0.15, 0.2) is 0 Å². The summed E-state index contributed by atoms with van der Waals surface area (Å²) in [5.41, 5.74) is 6.20. The Morgan fingerprint density at radius 3 is 2.68 bits per heavy atom. The molecule has 1 aliphatic heterocycles. The van der Waals surface area contributed by atoms with E-state index in [1.807, 2.05) is 36.4 Å². The Hall–Kier alpha value is -1.81. The lowest BCUT2D eigenvalue weighted by atomic mass is 9.94. The molecule has 0 aromatic heterocycles. The highest BCUT2D eigenvalue weighted by atomic mass is 35.5. The Morgan fingerprint density at radius 1 is 1.12 bits per heavy atom. The van der Waals surface area contributed by atoms with Crippen LogP contribution in [0, 0.1) is 0 Å². The second-order valence-corrected chi connectivity index (χ2v) is 7.42. The van der Waals surface area contributed by atoms with Crippen LogP contribution in [-0.2, 0) is 17.8 Å². The third kappa shape index (κ3) is 3.45. The molecule has 25 heavy (non-hydrogen) atoms. The monoisotopic (exact) mass is 372 g/mol. The van der Waals surface area contributed by atoms with Crippen LogP contribution in [-0.4, -0.2) is 18.5 Å². The molecular formula is C20H18Cl2N2O.